The first kappa shape index (κ1) is 13.8. The first-order valence-electron chi connectivity index (χ1n) is 5.51. The SMILES string of the molecule is CCCCCS(=O)CCCCC(C)=O. The number of carbonyl (C=O) groups excluding carboxylic acids is 1. The monoisotopic (exact) mass is 218 g/mol. The molecule has 0 heterocycles. The molecule has 0 aliphatic heterocycles. The van der Waals surface area contributed by atoms with Gasteiger partial charge in [-0.15, -0.1) is 0 Å². The van der Waals surface area contributed by atoms with E-state index in [4.69, 9.17) is 0 Å². The van der Waals surface area contributed by atoms with Gasteiger partial charge in [0.2, 0.25) is 0 Å². The molecule has 0 aromatic heterocycles. The molecule has 0 aliphatic carbocycles. The van der Waals surface area contributed by atoms with E-state index in [-0.39, 0.29) is 5.78 Å². The van der Waals surface area contributed by atoms with E-state index < -0.39 is 10.8 Å². The third-order valence-electron chi connectivity index (χ3n) is 2.13. The average Bonchev–Trinajstić information content (AvgIpc) is 2.13. The van der Waals surface area contributed by atoms with Gasteiger partial charge in [-0.25, -0.2) is 0 Å². The Morgan fingerprint density at radius 3 is 2.14 bits per heavy atom. The lowest BCUT2D eigenvalue weighted by Gasteiger charge is -2.00. The molecule has 0 aromatic carbocycles. The van der Waals surface area contributed by atoms with Gasteiger partial charge in [0.1, 0.15) is 5.78 Å². The Hall–Kier alpha value is -0.180. The van der Waals surface area contributed by atoms with Crippen LogP contribution in [0.15, 0.2) is 0 Å². The van der Waals surface area contributed by atoms with Crippen molar-refractivity contribution in [3.05, 3.63) is 0 Å². The summed E-state index contributed by atoms with van der Waals surface area (Å²) in [5.74, 6) is 1.85. The number of Topliss-reactive ketones (excluding diaryl/α,β-unsaturated/α-hetero) is 1. The van der Waals surface area contributed by atoms with Gasteiger partial charge in [0.25, 0.3) is 0 Å². The van der Waals surface area contributed by atoms with Gasteiger partial charge in [-0.05, 0) is 26.2 Å². The van der Waals surface area contributed by atoms with Crippen molar-refractivity contribution in [1.82, 2.24) is 0 Å². The first-order chi connectivity index (χ1) is 6.66. The van der Waals surface area contributed by atoms with E-state index in [1.54, 1.807) is 6.92 Å². The largest absolute Gasteiger partial charge is 0.300 e. The average molecular weight is 218 g/mol. The number of hydrogen-bond donors (Lipinski definition) is 0. The molecule has 0 saturated carbocycles. The first-order valence-corrected chi connectivity index (χ1v) is 7.00. The molecule has 84 valence electrons. The van der Waals surface area contributed by atoms with Crippen molar-refractivity contribution in [3.63, 3.8) is 0 Å². The van der Waals surface area contributed by atoms with E-state index in [1.807, 2.05) is 0 Å². The van der Waals surface area contributed by atoms with Crippen molar-refractivity contribution in [2.24, 2.45) is 0 Å². The quantitative estimate of drug-likeness (QED) is 0.558. The van der Waals surface area contributed by atoms with Gasteiger partial charge in [-0.2, -0.15) is 0 Å². The fourth-order valence-electron chi connectivity index (χ4n) is 1.25. The number of ketones is 1. The fraction of sp³-hybridized carbons (Fsp3) is 0.909. The summed E-state index contributed by atoms with van der Waals surface area (Å²) in [5.41, 5.74) is 0. The Kier molecular flexibility index (Phi) is 9.26. The smallest absolute Gasteiger partial charge is 0.129 e. The third kappa shape index (κ3) is 9.90. The Morgan fingerprint density at radius 1 is 1.07 bits per heavy atom. The topological polar surface area (TPSA) is 34.1 Å². The molecule has 0 radical (unpaired) electrons. The molecule has 0 aromatic rings. The Balaban J connectivity index is 3.22. The Labute approximate surface area is 89.9 Å². The third-order valence-corrected chi connectivity index (χ3v) is 3.61. The standard InChI is InChI=1S/C11H22O2S/c1-3-4-6-9-14(13)10-7-5-8-11(2)12/h3-10H2,1-2H3. The molecular weight excluding hydrogens is 196 g/mol. The molecule has 0 aliphatic rings. The molecule has 0 amide bonds. The van der Waals surface area contributed by atoms with Gasteiger partial charge in [0, 0.05) is 28.7 Å². The van der Waals surface area contributed by atoms with Crippen molar-refractivity contribution in [1.29, 1.82) is 0 Å². The summed E-state index contributed by atoms with van der Waals surface area (Å²) < 4.78 is 11.4. The molecule has 2 nitrogen and oxygen atoms in total. The highest BCUT2D eigenvalue weighted by molar-refractivity contribution is 7.84. The van der Waals surface area contributed by atoms with Crippen molar-refractivity contribution < 1.29 is 9.00 Å². The molecule has 0 spiro atoms. The Bertz CT molecular complexity index is 178. The van der Waals surface area contributed by atoms with Crippen LogP contribution in [0.4, 0.5) is 0 Å². The molecule has 0 saturated heterocycles. The van der Waals surface area contributed by atoms with Gasteiger partial charge in [-0.3, -0.25) is 4.21 Å². The van der Waals surface area contributed by atoms with E-state index in [0.717, 1.165) is 30.8 Å². The molecule has 0 rings (SSSR count). The minimum absolute atomic E-state index is 0.238. The van der Waals surface area contributed by atoms with Crippen LogP contribution in [0.3, 0.4) is 0 Å². The summed E-state index contributed by atoms with van der Waals surface area (Å²) in [7, 11) is -0.648. The minimum atomic E-state index is -0.648. The van der Waals surface area contributed by atoms with Crippen LogP contribution in [0.25, 0.3) is 0 Å². The predicted molar refractivity (Wildman–Crippen MR) is 61.9 cm³/mol. The van der Waals surface area contributed by atoms with Gasteiger partial charge in [-0.1, -0.05) is 19.8 Å². The van der Waals surface area contributed by atoms with Crippen molar-refractivity contribution in [2.75, 3.05) is 11.5 Å². The highest BCUT2D eigenvalue weighted by Crippen LogP contribution is 2.01. The van der Waals surface area contributed by atoms with Crippen molar-refractivity contribution in [2.45, 2.75) is 52.4 Å². The van der Waals surface area contributed by atoms with E-state index in [0.29, 0.717) is 6.42 Å². The Morgan fingerprint density at radius 2 is 1.64 bits per heavy atom. The summed E-state index contributed by atoms with van der Waals surface area (Å²) in [5, 5.41) is 0. The predicted octanol–water partition coefficient (Wildman–Crippen LogP) is 2.68. The minimum Gasteiger partial charge on any atom is -0.300 e. The molecule has 0 bridgehead atoms. The van der Waals surface area contributed by atoms with Crippen LogP contribution in [0.5, 0.6) is 0 Å². The molecule has 1 unspecified atom stereocenters. The summed E-state index contributed by atoms with van der Waals surface area (Å²) in [4.78, 5) is 10.6. The van der Waals surface area contributed by atoms with E-state index >= 15 is 0 Å². The van der Waals surface area contributed by atoms with Crippen LogP contribution < -0.4 is 0 Å². The summed E-state index contributed by atoms with van der Waals surface area (Å²) >= 11 is 0. The molecule has 1 atom stereocenters. The second-order valence-electron chi connectivity index (χ2n) is 3.71. The summed E-state index contributed by atoms with van der Waals surface area (Å²) in [6.45, 7) is 3.76. The van der Waals surface area contributed by atoms with Crippen LogP contribution in [0.1, 0.15) is 52.4 Å². The summed E-state index contributed by atoms with van der Waals surface area (Å²) in [6, 6.07) is 0. The van der Waals surface area contributed by atoms with Gasteiger partial charge >= 0.3 is 0 Å². The zero-order valence-electron chi connectivity index (χ0n) is 9.38. The fourth-order valence-corrected chi connectivity index (χ4v) is 2.51. The van der Waals surface area contributed by atoms with Crippen LogP contribution >= 0.6 is 0 Å². The van der Waals surface area contributed by atoms with Crippen LogP contribution in [0.2, 0.25) is 0 Å². The zero-order chi connectivity index (χ0) is 10.8. The highest BCUT2D eigenvalue weighted by Gasteiger charge is 2.00. The maximum absolute atomic E-state index is 11.4. The maximum atomic E-state index is 11.4. The van der Waals surface area contributed by atoms with E-state index in [9.17, 15) is 9.00 Å². The maximum Gasteiger partial charge on any atom is 0.129 e. The summed E-state index contributed by atoms with van der Waals surface area (Å²) in [6.07, 6.45) is 5.91. The molecular formula is C11H22O2S. The van der Waals surface area contributed by atoms with Crippen molar-refractivity contribution in [3.8, 4) is 0 Å². The molecule has 0 fully saturated rings. The van der Waals surface area contributed by atoms with Crippen LogP contribution in [-0.2, 0) is 15.6 Å². The molecule has 0 N–H and O–H groups in total. The number of rotatable bonds is 9. The molecule has 3 heteroatoms. The second-order valence-corrected chi connectivity index (χ2v) is 5.41. The second kappa shape index (κ2) is 9.38. The van der Waals surface area contributed by atoms with Gasteiger partial charge in [0.05, 0.1) is 0 Å². The number of hydrogen-bond acceptors (Lipinski definition) is 2. The van der Waals surface area contributed by atoms with Gasteiger partial charge < -0.3 is 4.79 Å². The van der Waals surface area contributed by atoms with E-state index in [1.165, 1.54) is 12.8 Å². The lowest BCUT2D eigenvalue weighted by atomic mass is 10.2. The zero-order valence-corrected chi connectivity index (χ0v) is 10.2. The van der Waals surface area contributed by atoms with Crippen LogP contribution in [0, 0.1) is 0 Å². The highest BCUT2D eigenvalue weighted by atomic mass is 32.2. The number of carbonyl (C=O) groups is 1. The number of unbranched alkanes of at least 4 members (excludes halogenated alkanes) is 3. The van der Waals surface area contributed by atoms with E-state index in [2.05, 4.69) is 6.92 Å². The lowest BCUT2D eigenvalue weighted by Crippen LogP contribution is -2.03. The van der Waals surface area contributed by atoms with Crippen LogP contribution in [-0.4, -0.2) is 21.5 Å². The molecule has 14 heavy (non-hydrogen) atoms. The lowest BCUT2D eigenvalue weighted by molar-refractivity contribution is -0.117. The van der Waals surface area contributed by atoms with Crippen molar-refractivity contribution >= 4 is 16.6 Å². The normalized spacial score (nSPS) is 12.7. The van der Waals surface area contributed by atoms with Gasteiger partial charge in [0.15, 0.2) is 0 Å².